The van der Waals surface area contributed by atoms with E-state index in [2.05, 4.69) is 34.1 Å². The summed E-state index contributed by atoms with van der Waals surface area (Å²) < 4.78 is 12.4. The molecule has 2 aromatic carbocycles. The van der Waals surface area contributed by atoms with Crippen molar-refractivity contribution in [2.24, 2.45) is 5.92 Å². The lowest BCUT2D eigenvalue weighted by molar-refractivity contribution is 0.0696. The first-order valence-electron chi connectivity index (χ1n) is 12.7. The molecule has 1 saturated heterocycles. The Labute approximate surface area is 226 Å². The molecule has 7 heteroatoms. The van der Waals surface area contributed by atoms with Crippen molar-refractivity contribution in [3.63, 3.8) is 0 Å². The maximum absolute atomic E-state index is 12.4. The quantitative estimate of drug-likeness (QED) is 0.329. The number of rotatable bonds is 8. The molecule has 0 spiro atoms. The number of likely N-dealkylation sites (tertiary alicyclic amines) is 1. The minimum atomic E-state index is -0.927. The number of halogens is 3. The van der Waals surface area contributed by atoms with Crippen LogP contribution in [-0.2, 0) is 12.8 Å². The summed E-state index contributed by atoms with van der Waals surface area (Å²) in [5, 5.41) is 10.5. The monoisotopic (exact) mass is 538 g/mol. The highest BCUT2D eigenvalue weighted by Crippen LogP contribution is 2.41. The van der Waals surface area contributed by atoms with E-state index in [1.54, 1.807) is 24.4 Å². The summed E-state index contributed by atoms with van der Waals surface area (Å²) >= 11 is 12.8. The van der Waals surface area contributed by atoms with Crippen LogP contribution >= 0.6 is 23.2 Å². The van der Waals surface area contributed by atoms with E-state index in [9.17, 15) is 14.3 Å². The molecule has 0 atom stereocenters. The number of hydrogen-bond acceptors (Lipinski definition) is 3. The molecule has 1 aromatic heterocycles. The van der Waals surface area contributed by atoms with Crippen molar-refractivity contribution in [2.75, 3.05) is 26.3 Å². The number of nitrogens with zero attached hydrogens (tertiary/aromatic N) is 2. The van der Waals surface area contributed by atoms with Crippen molar-refractivity contribution in [1.29, 1.82) is 0 Å². The fourth-order valence-corrected chi connectivity index (χ4v) is 6.03. The van der Waals surface area contributed by atoms with E-state index in [4.69, 9.17) is 23.2 Å². The fraction of sp³-hybridized carbons (Fsp3) is 0.333. The Balaban J connectivity index is 1.51. The minimum absolute atomic E-state index is 0.252. The molecule has 0 radical (unpaired) electrons. The average molecular weight is 539 g/mol. The van der Waals surface area contributed by atoms with Gasteiger partial charge in [-0.05, 0) is 89.6 Å². The van der Waals surface area contributed by atoms with Gasteiger partial charge in [-0.3, -0.25) is 9.37 Å². The summed E-state index contributed by atoms with van der Waals surface area (Å²) in [6.07, 6.45) is 5.62. The molecule has 4 nitrogen and oxygen atoms in total. The Hall–Kier alpha value is -2.73. The van der Waals surface area contributed by atoms with E-state index >= 15 is 0 Å². The van der Waals surface area contributed by atoms with Crippen LogP contribution in [-0.4, -0.2) is 47.3 Å². The second-order valence-electron chi connectivity index (χ2n) is 9.94. The summed E-state index contributed by atoms with van der Waals surface area (Å²) in [5.74, 6) is -0.325. The van der Waals surface area contributed by atoms with Gasteiger partial charge in [0.05, 0.1) is 28.0 Å². The summed E-state index contributed by atoms with van der Waals surface area (Å²) in [5.41, 5.74) is 7.44. The molecule has 0 unspecified atom stereocenters. The zero-order chi connectivity index (χ0) is 25.9. The molecule has 5 rings (SSSR count). The number of aryl methyl sites for hydroxylation is 1. The molecule has 192 valence electrons. The Bertz CT molecular complexity index is 1330. The van der Waals surface area contributed by atoms with Gasteiger partial charge in [0.25, 0.3) is 0 Å². The Kier molecular flexibility index (Phi) is 7.94. The number of carbonyl (C=O) groups is 1. The van der Waals surface area contributed by atoms with E-state index in [1.165, 1.54) is 5.56 Å². The van der Waals surface area contributed by atoms with Gasteiger partial charge in [-0.1, -0.05) is 53.5 Å². The van der Waals surface area contributed by atoms with Gasteiger partial charge in [0.1, 0.15) is 0 Å². The van der Waals surface area contributed by atoms with Crippen molar-refractivity contribution in [3.8, 4) is 0 Å². The molecular formula is C30H29Cl2FN2O2. The summed E-state index contributed by atoms with van der Waals surface area (Å²) in [6, 6.07) is 15.7. The van der Waals surface area contributed by atoms with Gasteiger partial charge in [-0.25, -0.2) is 4.79 Å². The molecule has 3 aromatic rings. The number of hydrogen-bond donors (Lipinski definition) is 1. The first kappa shape index (κ1) is 25.9. The van der Waals surface area contributed by atoms with Crippen molar-refractivity contribution in [3.05, 3.63) is 98.3 Å². The predicted octanol–water partition coefficient (Wildman–Crippen LogP) is 7.22. The van der Waals surface area contributed by atoms with Crippen LogP contribution in [0.25, 0.3) is 11.1 Å². The van der Waals surface area contributed by atoms with E-state index in [-0.39, 0.29) is 6.67 Å². The summed E-state index contributed by atoms with van der Waals surface area (Å²) in [4.78, 5) is 18.6. The number of carboxylic acids is 1. The SMILES string of the molecule is O=C(O)c1ccc2c(c1)CCCC(c1ncc(Cl)cc1Cl)=C2c1ccc(CC2CN(CCCF)C2)cc1. The van der Waals surface area contributed by atoms with Crippen LogP contribution in [0.1, 0.15) is 57.6 Å². The normalized spacial score (nSPS) is 16.3. The molecular weight excluding hydrogens is 510 g/mol. The van der Waals surface area contributed by atoms with E-state index in [1.807, 2.05) is 6.07 Å². The van der Waals surface area contributed by atoms with Crippen molar-refractivity contribution >= 4 is 40.3 Å². The highest BCUT2D eigenvalue weighted by atomic mass is 35.5. The second-order valence-corrected chi connectivity index (χ2v) is 10.8. The molecule has 1 aliphatic heterocycles. The third kappa shape index (κ3) is 5.74. The number of allylic oxidation sites excluding steroid dienone is 1. The number of carboxylic acid groups (broad SMARTS) is 1. The van der Waals surface area contributed by atoms with Gasteiger partial charge in [0, 0.05) is 25.8 Å². The van der Waals surface area contributed by atoms with E-state index in [0.29, 0.717) is 33.6 Å². The van der Waals surface area contributed by atoms with Gasteiger partial charge in [-0.2, -0.15) is 0 Å². The smallest absolute Gasteiger partial charge is 0.335 e. The maximum atomic E-state index is 12.4. The molecule has 2 heterocycles. The largest absolute Gasteiger partial charge is 0.478 e. The fourth-order valence-electron chi connectivity index (χ4n) is 5.54. The molecule has 2 aliphatic rings. The molecule has 1 aliphatic carbocycles. The number of pyridine rings is 1. The second kappa shape index (κ2) is 11.3. The predicted molar refractivity (Wildman–Crippen MR) is 147 cm³/mol. The molecule has 0 amide bonds. The maximum Gasteiger partial charge on any atom is 0.335 e. The van der Waals surface area contributed by atoms with Crippen LogP contribution in [0, 0.1) is 5.92 Å². The van der Waals surface area contributed by atoms with Gasteiger partial charge >= 0.3 is 5.97 Å². The number of fused-ring (bicyclic) bond motifs is 1. The van der Waals surface area contributed by atoms with E-state index in [0.717, 1.165) is 73.2 Å². The van der Waals surface area contributed by atoms with Gasteiger partial charge in [0.2, 0.25) is 0 Å². The van der Waals surface area contributed by atoms with Crippen LogP contribution in [0.5, 0.6) is 0 Å². The minimum Gasteiger partial charge on any atom is -0.478 e. The third-order valence-corrected chi connectivity index (χ3v) is 7.79. The van der Waals surface area contributed by atoms with Crippen molar-refractivity contribution < 1.29 is 14.3 Å². The van der Waals surface area contributed by atoms with Gasteiger partial charge in [-0.15, -0.1) is 0 Å². The highest BCUT2D eigenvalue weighted by molar-refractivity contribution is 6.35. The van der Waals surface area contributed by atoms with Gasteiger partial charge in [0.15, 0.2) is 0 Å². The van der Waals surface area contributed by atoms with Crippen LogP contribution in [0.15, 0.2) is 54.7 Å². The topological polar surface area (TPSA) is 53.4 Å². The highest BCUT2D eigenvalue weighted by Gasteiger charge is 2.27. The summed E-state index contributed by atoms with van der Waals surface area (Å²) in [7, 11) is 0. The Morgan fingerprint density at radius 2 is 1.86 bits per heavy atom. The zero-order valence-electron chi connectivity index (χ0n) is 20.5. The molecule has 37 heavy (non-hydrogen) atoms. The standard InChI is InChI=1S/C30H29Cl2FN2O2/c31-24-15-27(32)29(34-16-24)26-4-1-3-22-14-23(30(36)37)9-10-25(22)28(26)21-7-5-19(6-8-21)13-20-17-35(18-20)12-2-11-33/h5-10,14-16,20H,1-4,11-13,17-18H2,(H,36,37). The number of alkyl halides is 1. The number of aromatic carboxylic acids is 1. The molecule has 1 N–H and O–H groups in total. The van der Waals surface area contributed by atoms with Crippen LogP contribution in [0.3, 0.4) is 0 Å². The van der Waals surface area contributed by atoms with Crippen molar-refractivity contribution in [1.82, 2.24) is 9.88 Å². The Morgan fingerprint density at radius 3 is 2.57 bits per heavy atom. The lowest BCUT2D eigenvalue weighted by atomic mass is 9.87. The average Bonchev–Trinajstić information content (AvgIpc) is 3.04. The first-order chi connectivity index (χ1) is 17.9. The lowest BCUT2D eigenvalue weighted by Crippen LogP contribution is -2.47. The Morgan fingerprint density at radius 1 is 1.08 bits per heavy atom. The van der Waals surface area contributed by atoms with Gasteiger partial charge < -0.3 is 10.0 Å². The molecule has 1 fully saturated rings. The third-order valence-electron chi connectivity index (χ3n) is 7.30. The number of benzene rings is 2. The van der Waals surface area contributed by atoms with Crippen LogP contribution in [0.4, 0.5) is 4.39 Å². The summed E-state index contributed by atoms with van der Waals surface area (Å²) in [6.45, 7) is 2.64. The van der Waals surface area contributed by atoms with Crippen LogP contribution in [0.2, 0.25) is 10.0 Å². The zero-order valence-corrected chi connectivity index (χ0v) is 22.0. The van der Waals surface area contributed by atoms with Crippen LogP contribution < -0.4 is 0 Å². The van der Waals surface area contributed by atoms with E-state index < -0.39 is 5.97 Å². The molecule has 0 bridgehead atoms. The molecule has 0 saturated carbocycles. The first-order valence-corrected chi connectivity index (χ1v) is 13.5. The van der Waals surface area contributed by atoms with Crippen molar-refractivity contribution in [2.45, 2.75) is 32.1 Å². The lowest BCUT2D eigenvalue weighted by Gasteiger charge is -2.39. The number of aromatic nitrogens is 1.